The molecule has 0 heterocycles. The monoisotopic (exact) mass is 132 g/mol. The number of hydrogen-bond acceptors (Lipinski definition) is 2. The highest BCUT2D eigenvalue weighted by molar-refractivity contribution is 4.72. The summed E-state index contributed by atoms with van der Waals surface area (Å²) in [7, 11) is 0. The van der Waals surface area contributed by atoms with Crippen LogP contribution in [0.3, 0.4) is 0 Å². The second-order valence-electron chi connectivity index (χ2n) is 1.70. The number of hydrogen-bond donors (Lipinski definition) is 2. The van der Waals surface area contributed by atoms with Crippen LogP contribution in [0.5, 0.6) is 0 Å². The van der Waals surface area contributed by atoms with Crippen molar-refractivity contribution in [2.24, 2.45) is 0 Å². The first-order valence-corrected chi connectivity index (χ1v) is 3.10. The summed E-state index contributed by atoms with van der Waals surface area (Å²) in [5.74, 6) is 0. The lowest BCUT2D eigenvalue weighted by molar-refractivity contribution is 0.244. The first-order valence-electron chi connectivity index (χ1n) is 3.10. The zero-order chi connectivity index (χ0) is 7.70. The maximum atomic E-state index is 8.24. The standard InChI is InChI=1S/C4H8O.C3H8O/c1-3-4(2)5;1-2-3-4/h3-5H,1H2,2H3;4H,2-3H2,1H3. The lowest BCUT2D eigenvalue weighted by Crippen LogP contribution is -1.88. The molecule has 2 nitrogen and oxygen atoms in total. The molecule has 0 aliphatic rings. The summed E-state index contributed by atoms with van der Waals surface area (Å²) in [6.07, 6.45) is 2.00. The van der Waals surface area contributed by atoms with Gasteiger partial charge in [-0.3, -0.25) is 0 Å². The van der Waals surface area contributed by atoms with Crippen molar-refractivity contribution >= 4 is 0 Å². The molecular weight excluding hydrogens is 116 g/mol. The summed E-state index contributed by atoms with van der Waals surface area (Å²) < 4.78 is 0. The third-order valence-electron chi connectivity index (χ3n) is 0.565. The van der Waals surface area contributed by atoms with Crippen LogP contribution in [0, 0.1) is 0 Å². The minimum Gasteiger partial charge on any atom is -0.396 e. The third kappa shape index (κ3) is 34.7. The molecule has 1 atom stereocenters. The maximum Gasteiger partial charge on any atom is 0.0690 e. The zero-order valence-corrected chi connectivity index (χ0v) is 6.17. The van der Waals surface area contributed by atoms with Gasteiger partial charge in [0.15, 0.2) is 0 Å². The average molecular weight is 132 g/mol. The average Bonchev–Trinajstić information content (AvgIpc) is 1.89. The number of rotatable bonds is 2. The van der Waals surface area contributed by atoms with E-state index in [0.717, 1.165) is 6.42 Å². The van der Waals surface area contributed by atoms with Gasteiger partial charge in [0.2, 0.25) is 0 Å². The van der Waals surface area contributed by atoms with Gasteiger partial charge in [0.1, 0.15) is 0 Å². The van der Waals surface area contributed by atoms with E-state index >= 15 is 0 Å². The van der Waals surface area contributed by atoms with Gasteiger partial charge in [0, 0.05) is 6.61 Å². The molecule has 0 fully saturated rings. The van der Waals surface area contributed by atoms with E-state index in [1.807, 2.05) is 6.92 Å². The Bertz CT molecular complexity index is 48.9. The van der Waals surface area contributed by atoms with Gasteiger partial charge in [0.05, 0.1) is 6.10 Å². The van der Waals surface area contributed by atoms with Crippen LogP contribution in [0.1, 0.15) is 20.3 Å². The van der Waals surface area contributed by atoms with Crippen LogP contribution < -0.4 is 0 Å². The largest absolute Gasteiger partial charge is 0.396 e. The molecule has 9 heavy (non-hydrogen) atoms. The molecule has 0 bridgehead atoms. The molecule has 0 rings (SSSR count). The SMILES string of the molecule is C=CC(C)O.CCCO. The summed E-state index contributed by atoms with van der Waals surface area (Å²) >= 11 is 0. The van der Waals surface area contributed by atoms with Crippen LogP contribution in [0.2, 0.25) is 0 Å². The topological polar surface area (TPSA) is 40.5 Å². The van der Waals surface area contributed by atoms with Gasteiger partial charge >= 0.3 is 0 Å². The van der Waals surface area contributed by atoms with Crippen molar-refractivity contribution in [2.75, 3.05) is 6.61 Å². The molecule has 0 aliphatic carbocycles. The fourth-order valence-electron chi connectivity index (χ4n) is 0. The molecule has 0 spiro atoms. The van der Waals surface area contributed by atoms with E-state index in [1.165, 1.54) is 6.08 Å². The van der Waals surface area contributed by atoms with Gasteiger partial charge < -0.3 is 10.2 Å². The van der Waals surface area contributed by atoms with E-state index < -0.39 is 0 Å². The molecule has 0 radical (unpaired) electrons. The van der Waals surface area contributed by atoms with Gasteiger partial charge in [-0.05, 0) is 13.3 Å². The van der Waals surface area contributed by atoms with E-state index in [9.17, 15) is 0 Å². The van der Waals surface area contributed by atoms with E-state index in [1.54, 1.807) is 6.92 Å². The molecule has 2 N–H and O–H groups in total. The Labute approximate surface area is 56.8 Å². The Morgan fingerprint density at radius 2 is 1.89 bits per heavy atom. The predicted octanol–water partition coefficient (Wildman–Crippen LogP) is 0.942. The van der Waals surface area contributed by atoms with Crippen LogP contribution in [0.4, 0.5) is 0 Å². The Morgan fingerprint density at radius 1 is 1.67 bits per heavy atom. The van der Waals surface area contributed by atoms with Gasteiger partial charge in [-0.25, -0.2) is 0 Å². The first-order chi connectivity index (χ1) is 4.18. The van der Waals surface area contributed by atoms with Crippen molar-refractivity contribution in [3.8, 4) is 0 Å². The summed E-state index contributed by atoms with van der Waals surface area (Å²) in [4.78, 5) is 0. The summed E-state index contributed by atoms with van der Waals surface area (Å²) in [6, 6.07) is 0. The quantitative estimate of drug-likeness (QED) is 0.549. The van der Waals surface area contributed by atoms with Crippen LogP contribution in [-0.4, -0.2) is 22.9 Å². The molecule has 0 saturated heterocycles. The van der Waals surface area contributed by atoms with E-state index in [2.05, 4.69) is 6.58 Å². The van der Waals surface area contributed by atoms with E-state index in [-0.39, 0.29) is 6.10 Å². The Balaban J connectivity index is 0. The Hall–Kier alpha value is -0.340. The van der Waals surface area contributed by atoms with E-state index in [4.69, 9.17) is 10.2 Å². The van der Waals surface area contributed by atoms with Gasteiger partial charge in [0.25, 0.3) is 0 Å². The normalized spacial score (nSPS) is 11.1. The Kier molecular flexibility index (Phi) is 13.5. The second-order valence-corrected chi connectivity index (χ2v) is 1.70. The van der Waals surface area contributed by atoms with Gasteiger partial charge in [-0.1, -0.05) is 13.0 Å². The van der Waals surface area contributed by atoms with Crippen molar-refractivity contribution in [2.45, 2.75) is 26.4 Å². The molecular formula is C7H16O2. The minimum absolute atomic E-state index is 0.319. The first kappa shape index (κ1) is 11.5. The highest BCUT2D eigenvalue weighted by Crippen LogP contribution is 1.73. The van der Waals surface area contributed by atoms with E-state index in [0.29, 0.717) is 6.61 Å². The van der Waals surface area contributed by atoms with Crippen LogP contribution >= 0.6 is 0 Å². The van der Waals surface area contributed by atoms with Crippen molar-refractivity contribution in [1.82, 2.24) is 0 Å². The molecule has 0 aromatic carbocycles. The lowest BCUT2D eigenvalue weighted by Gasteiger charge is -1.84. The smallest absolute Gasteiger partial charge is 0.0690 e. The minimum atomic E-state index is -0.352. The second kappa shape index (κ2) is 10.6. The van der Waals surface area contributed by atoms with Crippen molar-refractivity contribution < 1.29 is 10.2 Å². The highest BCUT2D eigenvalue weighted by atomic mass is 16.3. The van der Waals surface area contributed by atoms with Gasteiger partial charge in [-0.2, -0.15) is 0 Å². The molecule has 0 amide bonds. The zero-order valence-electron chi connectivity index (χ0n) is 6.17. The predicted molar refractivity (Wildman–Crippen MR) is 39.3 cm³/mol. The molecule has 1 unspecified atom stereocenters. The Morgan fingerprint density at radius 3 is 1.89 bits per heavy atom. The van der Waals surface area contributed by atoms with Crippen molar-refractivity contribution in [3.05, 3.63) is 12.7 Å². The summed E-state index contributed by atoms with van der Waals surface area (Å²) in [5, 5.41) is 16.1. The molecule has 0 aliphatic heterocycles. The lowest BCUT2D eigenvalue weighted by atomic mass is 10.4. The van der Waals surface area contributed by atoms with Crippen LogP contribution in [-0.2, 0) is 0 Å². The number of aliphatic hydroxyl groups excluding tert-OH is 2. The third-order valence-corrected chi connectivity index (χ3v) is 0.565. The van der Waals surface area contributed by atoms with Crippen molar-refractivity contribution in [1.29, 1.82) is 0 Å². The van der Waals surface area contributed by atoms with Crippen LogP contribution in [0.25, 0.3) is 0 Å². The fourth-order valence-corrected chi connectivity index (χ4v) is 0. The molecule has 56 valence electrons. The summed E-state index contributed by atoms with van der Waals surface area (Å²) in [5.41, 5.74) is 0. The maximum absolute atomic E-state index is 8.24. The highest BCUT2D eigenvalue weighted by Gasteiger charge is 1.75. The van der Waals surface area contributed by atoms with Gasteiger partial charge in [-0.15, -0.1) is 6.58 Å². The molecule has 0 saturated carbocycles. The molecule has 0 aromatic heterocycles. The number of aliphatic hydroxyl groups is 2. The van der Waals surface area contributed by atoms with Crippen molar-refractivity contribution in [3.63, 3.8) is 0 Å². The molecule has 2 heteroatoms. The van der Waals surface area contributed by atoms with Crippen LogP contribution in [0.15, 0.2) is 12.7 Å². The fraction of sp³-hybridized carbons (Fsp3) is 0.714. The summed E-state index contributed by atoms with van der Waals surface area (Å²) in [6.45, 7) is 7.22. The molecule has 0 aromatic rings.